The van der Waals surface area contributed by atoms with Crippen LogP contribution in [-0.4, -0.2) is 5.78 Å². The molecule has 1 heteroatoms. The van der Waals surface area contributed by atoms with Crippen molar-refractivity contribution in [3.63, 3.8) is 0 Å². The molecule has 1 aliphatic carbocycles. The lowest BCUT2D eigenvalue weighted by Crippen LogP contribution is -2.17. The van der Waals surface area contributed by atoms with E-state index >= 15 is 0 Å². The van der Waals surface area contributed by atoms with E-state index in [4.69, 9.17) is 0 Å². The maximum atomic E-state index is 11.3. The summed E-state index contributed by atoms with van der Waals surface area (Å²) in [5, 5.41) is 0. The molecule has 0 radical (unpaired) electrons. The molecule has 1 fully saturated rings. The molecule has 0 aromatic carbocycles. The molecule has 1 rings (SSSR count). The Morgan fingerprint density at radius 1 is 1.29 bits per heavy atom. The van der Waals surface area contributed by atoms with Gasteiger partial charge in [-0.25, -0.2) is 0 Å². The monoisotopic (exact) mass is 192 g/mol. The van der Waals surface area contributed by atoms with Gasteiger partial charge in [0, 0.05) is 5.41 Å². The van der Waals surface area contributed by atoms with Gasteiger partial charge in [-0.1, -0.05) is 6.42 Å². The van der Waals surface area contributed by atoms with E-state index in [-0.39, 0.29) is 11.2 Å². The number of hydrogen-bond acceptors (Lipinski definition) is 1. The molecule has 0 atom stereocenters. The second-order valence-corrected chi connectivity index (χ2v) is 4.73. The standard InChI is InChI=1S/C13H20O/c1-11(14)13(2,3)10-9-12-7-5-4-6-8-12/h10H,4-8H2,1-3H3. The Morgan fingerprint density at radius 3 is 2.36 bits per heavy atom. The minimum absolute atomic E-state index is 0.210. The van der Waals surface area contributed by atoms with Gasteiger partial charge in [0.2, 0.25) is 0 Å². The molecule has 0 spiro atoms. The summed E-state index contributed by atoms with van der Waals surface area (Å²) in [5.41, 5.74) is 4.37. The fraction of sp³-hybridized carbons (Fsp3) is 0.692. The quantitative estimate of drug-likeness (QED) is 0.610. The van der Waals surface area contributed by atoms with Crippen LogP contribution in [0.5, 0.6) is 0 Å². The second-order valence-electron chi connectivity index (χ2n) is 4.73. The van der Waals surface area contributed by atoms with Crippen LogP contribution in [0.15, 0.2) is 17.4 Å². The number of rotatable bonds is 2. The maximum Gasteiger partial charge on any atom is 0.139 e. The lowest BCUT2D eigenvalue weighted by atomic mass is 9.88. The minimum atomic E-state index is -0.343. The zero-order valence-corrected chi connectivity index (χ0v) is 9.52. The summed E-state index contributed by atoms with van der Waals surface area (Å²) < 4.78 is 0. The van der Waals surface area contributed by atoms with Crippen LogP contribution in [0.4, 0.5) is 0 Å². The molecule has 0 aliphatic heterocycles. The van der Waals surface area contributed by atoms with E-state index in [1.165, 1.54) is 37.7 Å². The summed E-state index contributed by atoms with van der Waals surface area (Å²) in [6.45, 7) is 5.54. The van der Waals surface area contributed by atoms with Crippen molar-refractivity contribution in [2.45, 2.75) is 52.9 Å². The van der Waals surface area contributed by atoms with Crippen molar-refractivity contribution in [1.82, 2.24) is 0 Å². The third-order valence-corrected chi connectivity index (χ3v) is 3.00. The molecule has 0 saturated heterocycles. The van der Waals surface area contributed by atoms with Crippen molar-refractivity contribution >= 4 is 5.78 Å². The predicted octanol–water partition coefficient (Wildman–Crippen LogP) is 3.65. The average molecular weight is 192 g/mol. The van der Waals surface area contributed by atoms with E-state index in [0.29, 0.717) is 0 Å². The zero-order valence-electron chi connectivity index (χ0n) is 9.52. The van der Waals surface area contributed by atoms with E-state index in [9.17, 15) is 4.79 Å². The van der Waals surface area contributed by atoms with Gasteiger partial charge in [-0.05, 0) is 58.1 Å². The topological polar surface area (TPSA) is 17.1 Å². The first-order valence-electron chi connectivity index (χ1n) is 5.49. The molecule has 14 heavy (non-hydrogen) atoms. The highest BCUT2D eigenvalue weighted by Crippen LogP contribution is 2.23. The van der Waals surface area contributed by atoms with Gasteiger partial charge >= 0.3 is 0 Å². The Labute approximate surface area is 86.9 Å². The Bertz CT molecular complexity index is 270. The fourth-order valence-electron chi connectivity index (χ4n) is 1.51. The van der Waals surface area contributed by atoms with Crippen LogP contribution in [0.2, 0.25) is 0 Å². The summed E-state index contributed by atoms with van der Waals surface area (Å²) >= 11 is 0. The van der Waals surface area contributed by atoms with Crippen molar-refractivity contribution < 1.29 is 4.79 Å². The van der Waals surface area contributed by atoms with Gasteiger partial charge in [-0.2, -0.15) is 0 Å². The average Bonchev–Trinajstić information content (AvgIpc) is 2.16. The van der Waals surface area contributed by atoms with Crippen LogP contribution in [0.1, 0.15) is 52.9 Å². The van der Waals surface area contributed by atoms with Crippen molar-refractivity contribution in [3.05, 3.63) is 17.4 Å². The fourth-order valence-corrected chi connectivity index (χ4v) is 1.51. The summed E-state index contributed by atoms with van der Waals surface area (Å²) in [7, 11) is 0. The number of hydrogen-bond donors (Lipinski definition) is 0. The molecule has 1 nitrogen and oxygen atoms in total. The molecular formula is C13H20O. The number of ketones is 1. The highest BCUT2D eigenvalue weighted by Gasteiger charge is 2.19. The van der Waals surface area contributed by atoms with Crippen LogP contribution in [0.25, 0.3) is 0 Å². The predicted molar refractivity (Wildman–Crippen MR) is 59.1 cm³/mol. The Kier molecular flexibility index (Phi) is 3.71. The molecule has 0 amide bonds. The van der Waals surface area contributed by atoms with Crippen molar-refractivity contribution in [1.29, 1.82) is 0 Å². The summed E-state index contributed by atoms with van der Waals surface area (Å²) in [6, 6.07) is 0. The van der Waals surface area contributed by atoms with Crippen molar-refractivity contribution in [2.75, 3.05) is 0 Å². The van der Waals surface area contributed by atoms with E-state index in [1.54, 1.807) is 6.92 Å². The van der Waals surface area contributed by atoms with E-state index in [2.05, 4.69) is 5.73 Å². The summed E-state index contributed by atoms with van der Waals surface area (Å²) in [4.78, 5) is 11.3. The zero-order chi connectivity index (χ0) is 10.6. The van der Waals surface area contributed by atoms with Crippen molar-refractivity contribution in [2.24, 2.45) is 5.41 Å². The van der Waals surface area contributed by atoms with Crippen LogP contribution in [0.3, 0.4) is 0 Å². The van der Waals surface area contributed by atoms with Gasteiger partial charge in [0.05, 0.1) is 0 Å². The molecular weight excluding hydrogens is 172 g/mol. The lowest BCUT2D eigenvalue weighted by Gasteiger charge is -2.15. The SMILES string of the molecule is CC(=O)C(C)(C)C=C=C1CCCCC1. The Morgan fingerprint density at radius 2 is 1.86 bits per heavy atom. The van der Waals surface area contributed by atoms with E-state index in [0.717, 1.165) is 0 Å². The third-order valence-electron chi connectivity index (χ3n) is 3.00. The summed E-state index contributed by atoms with van der Waals surface area (Å²) in [6.07, 6.45) is 8.21. The number of Topliss-reactive ketones (excluding diaryl/α,β-unsaturated/α-hetero) is 1. The maximum absolute atomic E-state index is 11.3. The highest BCUT2D eigenvalue weighted by molar-refractivity contribution is 5.83. The Hall–Kier alpha value is -0.810. The molecule has 0 bridgehead atoms. The second kappa shape index (κ2) is 4.61. The molecule has 0 heterocycles. The van der Waals surface area contributed by atoms with Gasteiger partial charge in [0.1, 0.15) is 5.78 Å². The van der Waals surface area contributed by atoms with Crippen LogP contribution in [0, 0.1) is 5.41 Å². The van der Waals surface area contributed by atoms with Gasteiger partial charge in [0.25, 0.3) is 0 Å². The first-order valence-corrected chi connectivity index (χ1v) is 5.49. The van der Waals surface area contributed by atoms with E-state index in [1.807, 2.05) is 19.9 Å². The number of carbonyl (C=O) groups excluding carboxylic acids is 1. The largest absolute Gasteiger partial charge is 0.299 e. The van der Waals surface area contributed by atoms with Crippen molar-refractivity contribution in [3.8, 4) is 0 Å². The summed E-state index contributed by atoms with van der Waals surface area (Å²) in [5.74, 6) is 0.210. The molecule has 1 aliphatic rings. The molecule has 1 saturated carbocycles. The molecule has 0 N–H and O–H groups in total. The van der Waals surface area contributed by atoms with E-state index < -0.39 is 0 Å². The highest BCUT2D eigenvalue weighted by atomic mass is 16.1. The first kappa shape index (κ1) is 11.3. The minimum Gasteiger partial charge on any atom is -0.299 e. The van der Waals surface area contributed by atoms with Gasteiger partial charge in [-0.3, -0.25) is 4.79 Å². The van der Waals surface area contributed by atoms with Crippen LogP contribution in [-0.2, 0) is 4.79 Å². The van der Waals surface area contributed by atoms with Crippen LogP contribution < -0.4 is 0 Å². The lowest BCUT2D eigenvalue weighted by molar-refractivity contribution is -0.122. The molecule has 78 valence electrons. The first-order chi connectivity index (χ1) is 6.52. The van der Waals surface area contributed by atoms with Crippen LogP contribution >= 0.6 is 0 Å². The third kappa shape index (κ3) is 3.16. The number of carbonyl (C=O) groups is 1. The van der Waals surface area contributed by atoms with Gasteiger partial charge in [0.15, 0.2) is 0 Å². The normalized spacial score (nSPS) is 17.5. The smallest absolute Gasteiger partial charge is 0.139 e. The van der Waals surface area contributed by atoms with Gasteiger partial charge < -0.3 is 0 Å². The molecule has 0 aromatic rings. The Balaban J connectivity index is 2.73. The number of allylic oxidation sites excluding steroid dienone is 1. The van der Waals surface area contributed by atoms with Gasteiger partial charge in [-0.15, -0.1) is 5.73 Å². The molecule has 0 unspecified atom stereocenters. The molecule has 0 aromatic heterocycles.